The van der Waals surface area contributed by atoms with E-state index in [1.54, 1.807) is 24.2 Å². The van der Waals surface area contributed by atoms with Crippen LogP contribution in [0.3, 0.4) is 0 Å². The minimum atomic E-state index is 0.328. The molecule has 1 aliphatic rings. The molecule has 2 heterocycles. The second-order valence-electron chi connectivity index (χ2n) is 3.05. The van der Waals surface area contributed by atoms with E-state index >= 15 is 0 Å². The van der Waals surface area contributed by atoms with Crippen LogP contribution in [0.2, 0.25) is 0 Å². The molecule has 2 rings (SSSR count). The van der Waals surface area contributed by atoms with Crippen LogP contribution >= 0.6 is 11.8 Å². The number of rotatable bonds is 2. The summed E-state index contributed by atoms with van der Waals surface area (Å²) in [6.45, 7) is 2.97. The minimum absolute atomic E-state index is 0.328. The second-order valence-corrected chi connectivity index (χ2v) is 4.26. The summed E-state index contributed by atoms with van der Waals surface area (Å²) in [6, 6.07) is 1.83. The van der Waals surface area contributed by atoms with Gasteiger partial charge in [0, 0.05) is 24.3 Å². The van der Waals surface area contributed by atoms with Crippen molar-refractivity contribution in [3.05, 3.63) is 18.5 Å². The Balaban J connectivity index is 1.98. The molecular weight excluding hydrogens is 184 g/mol. The van der Waals surface area contributed by atoms with E-state index in [0.29, 0.717) is 11.4 Å². The van der Waals surface area contributed by atoms with Gasteiger partial charge >= 0.3 is 0 Å². The van der Waals surface area contributed by atoms with Crippen molar-refractivity contribution < 1.29 is 4.74 Å². The SMILES string of the molecule is CC1OCCC1Sc1ncccn1. The molecule has 0 amide bonds. The van der Waals surface area contributed by atoms with Gasteiger partial charge in [-0.25, -0.2) is 9.97 Å². The Kier molecular flexibility index (Phi) is 2.80. The highest BCUT2D eigenvalue weighted by molar-refractivity contribution is 7.99. The molecule has 0 N–H and O–H groups in total. The summed E-state index contributed by atoms with van der Waals surface area (Å²) in [5.74, 6) is 0. The van der Waals surface area contributed by atoms with Crippen LogP contribution in [0, 0.1) is 0 Å². The van der Waals surface area contributed by atoms with Crippen LogP contribution in [0.4, 0.5) is 0 Å². The second kappa shape index (κ2) is 4.07. The zero-order chi connectivity index (χ0) is 9.10. The standard InChI is InChI=1S/C9H12N2OS/c1-7-8(3-6-12-7)13-9-10-4-2-5-11-9/h2,4-5,7-8H,3,6H2,1H3. The van der Waals surface area contributed by atoms with Crippen LogP contribution < -0.4 is 0 Å². The lowest BCUT2D eigenvalue weighted by molar-refractivity contribution is 0.127. The molecule has 2 atom stereocenters. The van der Waals surface area contributed by atoms with Gasteiger partial charge in [-0.1, -0.05) is 11.8 Å². The van der Waals surface area contributed by atoms with Gasteiger partial charge in [0.05, 0.1) is 6.10 Å². The van der Waals surface area contributed by atoms with Crippen molar-refractivity contribution in [2.75, 3.05) is 6.61 Å². The van der Waals surface area contributed by atoms with E-state index in [1.165, 1.54) is 0 Å². The summed E-state index contributed by atoms with van der Waals surface area (Å²) < 4.78 is 5.46. The smallest absolute Gasteiger partial charge is 0.187 e. The van der Waals surface area contributed by atoms with Gasteiger partial charge in [-0.05, 0) is 19.4 Å². The summed E-state index contributed by atoms with van der Waals surface area (Å²) >= 11 is 1.71. The van der Waals surface area contributed by atoms with E-state index in [-0.39, 0.29) is 0 Å². The van der Waals surface area contributed by atoms with Gasteiger partial charge in [0.2, 0.25) is 0 Å². The van der Waals surface area contributed by atoms with Crippen LogP contribution in [-0.4, -0.2) is 27.9 Å². The Morgan fingerprint density at radius 3 is 2.85 bits per heavy atom. The van der Waals surface area contributed by atoms with Crippen LogP contribution in [-0.2, 0) is 4.74 Å². The maximum absolute atomic E-state index is 5.46. The Morgan fingerprint density at radius 2 is 2.23 bits per heavy atom. The molecule has 0 spiro atoms. The Morgan fingerprint density at radius 1 is 1.46 bits per heavy atom. The van der Waals surface area contributed by atoms with E-state index in [2.05, 4.69) is 16.9 Å². The molecule has 0 bridgehead atoms. The summed E-state index contributed by atoms with van der Waals surface area (Å²) in [5, 5.41) is 1.37. The summed E-state index contributed by atoms with van der Waals surface area (Å²) in [6.07, 6.45) is 4.98. The fourth-order valence-corrected chi connectivity index (χ4v) is 2.35. The highest BCUT2D eigenvalue weighted by Crippen LogP contribution is 2.29. The molecule has 0 aliphatic carbocycles. The van der Waals surface area contributed by atoms with E-state index in [1.807, 2.05) is 6.07 Å². The first-order chi connectivity index (χ1) is 6.36. The average molecular weight is 196 g/mol. The number of aromatic nitrogens is 2. The van der Waals surface area contributed by atoms with Gasteiger partial charge in [-0.15, -0.1) is 0 Å². The summed E-state index contributed by atoms with van der Waals surface area (Å²) in [4.78, 5) is 8.35. The van der Waals surface area contributed by atoms with Crippen LogP contribution in [0.1, 0.15) is 13.3 Å². The van der Waals surface area contributed by atoms with E-state index in [4.69, 9.17) is 4.74 Å². The topological polar surface area (TPSA) is 35.0 Å². The first-order valence-corrected chi connectivity index (χ1v) is 5.29. The predicted octanol–water partition coefficient (Wildman–Crippen LogP) is 1.75. The molecule has 2 unspecified atom stereocenters. The van der Waals surface area contributed by atoms with Gasteiger partial charge in [0.25, 0.3) is 0 Å². The lowest BCUT2D eigenvalue weighted by atomic mass is 10.3. The van der Waals surface area contributed by atoms with Crippen LogP contribution in [0.25, 0.3) is 0 Å². The molecule has 1 fully saturated rings. The van der Waals surface area contributed by atoms with Crippen molar-refractivity contribution in [1.82, 2.24) is 9.97 Å². The molecule has 13 heavy (non-hydrogen) atoms. The molecule has 1 aromatic rings. The van der Waals surface area contributed by atoms with Crippen molar-refractivity contribution in [3.63, 3.8) is 0 Å². The normalized spacial score (nSPS) is 27.8. The maximum atomic E-state index is 5.46. The van der Waals surface area contributed by atoms with Gasteiger partial charge < -0.3 is 4.74 Å². The van der Waals surface area contributed by atoms with Crippen molar-refractivity contribution >= 4 is 11.8 Å². The zero-order valence-corrected chi connectivity index (χ0v) is 8.33. The molecule has 0 radical (unpaired) electrons. The molecular formula is C9H12N2OS. The third-order valence-electron chi connectivity index (χ3n) is 2.11. The van der Waals surface area contributed by atoms with Gasteiger partial charge in [0.15, 0.2) is 5.16 Å². The summed E-state index contributed by atoms with van der Waals surface area (Å²) in [7, 11) is 0. The van der Waals surface area contributed by atoms with Gasteiger partial charge in [-0.3, -0.25) is 0 Å². The third-order valence-corrected chi connectivity index (χ3v) is 3.45. The fourth-order valence-electron chi connectivity index (χ4n) is 1.35. The molecule has 0 aromatic carbocycles. The lowest BCUT2D eigenvalue weighted by Crippen LogP contribution is -2.13. The van der Waals surface area contributed by atoms with Crippen LogP contribution in [0.5, 0.6) is 0 Å². The van der Waals surface area contributed by atoms with Crippen molar-refractivity contribution in [2.24, 2.45) is 0 Å². The summed E-state index contributed by atoms with van der Waals surface area (Å²) in [5.41, 5.74) is 0. The molecule has 1 aliphatic heterocycles. The Labute approximate surface area is 81.9 Å². The highest BCUT2D eigenvalue weighted by atomic mass is 32.2. The van der Waals surface area contributed by atoms with E-state index in [9.17, 15) is 0 Å². The van der Waals surface area contributed by atoms with Crippen molar-refractivity contribution in [1.29, 1.82) is 0 Å². The van der Waals surface area contributed by atoms with Crippen molar-refractivity contribution in [2.45, 2.75) is 29.9 Å². The lowest BCUT2D eigenvalue weighted by Gasteiger charge is -2.11. The highest BCUT2D eigenvalue weighted by Gasteiger charge is 2.25. The molecule has 1 saturated heterocycles. The number of hydrogen-bond donors (Lipinski definition) is 0. The maximum Gasteiger partial charge on any atom is 0.187 e. The molecule has 4 heteroatoms. The molecule has 70 valence electrons. The number of ether oxygens (including phenoxy) is 1. The zero-order valence-electron chi connectivity index (χ0n) is 7.51. The first-order valence-electron chi connectivity index (χ1n) is 4.41. The molecule has 0 saturated carbocycles. The monoisotopic (exact) mass is 196 g/mol. The number of hydrogen-bond acceptors (Lipinski definition) is 4. The number of thioether (sulfide) groups is 1. The number of nitrogens with zero attached hydrogens (tertiary/aromatic N) is 2. The first kappa shape index (κ1) is 8.97. The quantitative estimate of drug-likeness (QED) is 0.675. The van der Waals surface area contributed by atoms with Crippen LogP contribution in [0.15, 0.2) is 23.6 Å². The minimum Gasteiger partial charge on any atom is -0.377 e. The van der Waals surface area contributed by atoms with Crippen molar-refractivity contribution in [3.8, 4) is 0 Å². The fraction of sp³-hybridized carbons (Fsp3) is 0.556. The Hall–Kier alpha value is -0.610. The molecule has 1 aromatic heterocycles. The van der Waals surface area contributed by atoms with Gasteiger partial charge in [-0.2, -0.15) is 0 Å². The van der Waals surface area contributed by atoms with E-state index in [0.717, 1.165) is 18.2 Å². The van der Waals surface area contributed by atoms with E-state index < -0.39 is 0 Å². The largest absolute Gasteiger partial charge is 0.377 e. The van der Waals surface area contributed by atoms with Gasteiger partial charge in [0.1, 0.15) is 0 Å². The Bertz CT molecular complexity index is 268. The third kappa shape index (κ3) is 2.19. The average Bonchev–Trinajstić information content (AvgIpc) is 2.54. The predicted molar refractivity (Wildman–Crippen MR) is 51.7 cm³/mol. The molecule has 3 nitrogen and oxygen atoms in total.